The average Bonchev–Trinajstić information content (AvgIpc) is 3.74. The van der Waals surface area contributed by atoms with E-state index in [0.29, 0.717) is 47.2 Å². The zero-order valence-corrected chi connectivity index (χ0v) is 23.7. The molecule has 0 spiro atoms. The maximum atomic E-state index is 14.2. The van der Waals surface area contributed by atoms with Crippen molar-refractivity contribution in [1.29, 1.82) is 0 Å². The number of hydrogen-bond donors (Lipinski definition) is 1. The number of hydrogen-bond acceptors (Lipinski definition) is 8. The van der Waals surface area contributed by atoms with Crippen LogP contribution in [0.3, 0.4) is 0 Å². The number of rotatable bonds is 9. The number of nitrogens with one attached hydrogen (secondary N) is 1. The fourth-order valence-electron chi connectivity index (χ4n) is 5.70. The van der Waals surface area contributed by atoms with Crippen LogP contribution in [-0.2, 0) is 4.74 Å². The number of ether oxygens (including phenoxy) is 2. The molecule has 0 radical (unpaired) electrons. The zero-order valence-electron chi connectivity index (χ0n) is 21.3. The summed E-state index contributed by atoms with van der Waals surface area (Å²) in [6.45, 7) is 1.14. The molecule has 3 atom stereocenters. The number of carbonyl (C=O) groups is 2. The van der Waals surface area contributed by atoms with Crippen molar-refractivity contribution < 1.29 is 19.1 Å². The van der Waals surface area contributed by atoms with Crippen LogP contribution in [0.25, 0.3) is 20.7 Å². The first kappa shape index (κ1) is 26.2. The third-order valence-electron chi connectivity index (χ3n) is 7.46. The SMILES string of the molecule is COCCOc1nc(C(=O)N2[C@H]3CC[C@@H](C3)[C@@H]2CNC(=O)c2cccc3ncsc23)c(-c2cccc(Cl)c2)s1. The van der Waals surface area contributed by atoms with Crippen molar-refractivity contribution in [1.82, 2.24) is 20.2 Å². The van der Waals surface area contributed by atoms with Gasteiger partial charge in [0.05, 0.1) is 38.8 Å². The molecule has 1 saturated heterocycles. The molecule has 0 unspecified atom stereocenters. The van der Waals surface area contributed by atoms with Crippen molar-refractivity contribution >= 4 is 56.3 Å². The summed E-state index contributed by atoms with van der Waals surface area (Å²) in [5, 5.41) is 4.11. The molecule has 2 aromatic heterocycles. The van der Waals surface area contributed by atoms with E-state index in [1.807, 2.05) is 41.3 Å². The summed E-state index contributed by atoms with van der Waals surface area (Å²) < 4.78 is 11.8. The van der Waals surface area contributed by atoms with E-state index in [-0.39, 0.29) is 23.9 Å². The van der Waals surface area contributed by atoms with Gasteiger partial charge in [-0.15, -0.1) is 11.3 Å². The molecule has 4 aromatic rings. The maximum Gasteiger partial charge on any atom is 0.274 e. The Morgan fingerprint density at radius 3 is 2.90 bits per heavy atom. The summed E-state index contributed by atoms with van der Waals surface area (Å²) in [4.78, 5) is 39.0. The molecule has 3 heterocycles. The minimum absolute atomic E-state index is 0.104. The van der Waals surface area contributed by atoms with Gasteiger partial charge in [-0.2, -0.15) is 4.98 Å². The van der Waals surface area contributed by atoms with Gasteiger partial charge in [0.25, 0.3) is 17.0 Å². The summed E-state index contributed by atoms with van der Waals surface area (Å²) >= 11 is 9.07. The van der Waals surface area contributed by atoms with E-state index in [1.165, 1.54) is 22.7 Å². The standard InChI is InChI=1S/C28H27ClN4O4S2/c1-36-10-11-37-28-32-23(24(39-28)17-4-2-5-18(29)12-17)27(35)33-19-9-8-16(13-19)22(33)14-30-26(34)20-6-3-7-21-25(20)38-15-31-21/h2-7,12,15-16,19,22H,8-11,13-14H2,1H3,(H,30,34)/t16-,19-,22-/m0/s1. The lowest BCUT2D eigenvalue weighted by Crippen LogP contribution is -2.50. The lowest BCUT2D eigenvalue weighted by molar-refractivity contribution is 0.0576. The highest BCUT2D eigenvalue weighted by Crippen LogP contribution is 2.44. The summed E-state index contributed by atoms with van der Waals surface area (Å²) in [6.07, 6.45) is 2.93. The van der Waals surface area contributed by atoms with Gasteiger partial charge in [-0.05, 0) is 55.0 Å². The number of thiazole rings is 2. The Morgan fingerprint density at radius 1 is 1.18 bits per heavy atom. The van der Waals surface area contributed by atoms with Crippen LogP contribution in [0.5, 0.6) is 5.19 Å². The zero-order chi connectivity index (χ0) is 26.9. The molecule has 1 N–H and O–H groups in total. The Balaban J connectivity index is 1.26. The third-order valence-corrected chi connectivity index (χ3v) is 9.59. The van der Waals surface area contributed by atoms with Gasteiger partial charge < -0.3 is 19.7 Å². The first-order chi connectivity index (χ1) is 19.0. The summed E-state index contributed by atoms with van der Waals surface area (Å²) in [5.74, 6) is 0.0464. The molecule has 1 saturated carbocycles. The van der Waals surface area contributed by atoms with Gasteiger partial charge in [-0.1, -0.05) is 41.1 Å². The summed E-state index contributed by atoms with van der Waals surface area (Å²) in [5.41, 5.74) is 4.34. The fourth-order valence-corrected chi connectivity index (χ4v) is 7.62. The van der Waals surface area contributed by atoms with Crippen LogP contribution in [0.1, 0.15) is 40.1 Å². The summed E-state index contributed by atoms with van der Waals surface area (Å²) in [6, 6.07) is 13.0. The molecule has 1 aliphatic heterocycles. The molecule has 11 heteroatoms. The highest BCUT2D eigenvalue weighted by molar-refractivity contribution is 7.17. The lowest BCUT2D eigenvalue weighted by Gasteiger charge is -2.35. The van der Waals surface area contributed by atoms with Crippen LogP contribution in [0.15, 0.2) is 48.0 Å². The number of piperidine rings is 1. The van der Waals surface area contributed by atoms with Crippen molar-refractivity contribution in [3.63, 3.8) is 0 Å². The van der Waals surface area contributed by atoms with Gasteiger partial charge in [-0.25, -0.2) is 4.98 Å². The summed E-state index contributed by atoms with van der Waals surface area (Å²) in [7, 11) is 1.61. The molecule has 202 valence electrons. The van der Waals surface area contributed by atoms with Gasteiger partial charge in [0.15, 0.2) is 5.69 Å². The smallest absolute Gasteiger partial charge is 0.274 e. The highest BCUT2D eigenvalue weighted by atomic mass is 35.5. The van der Waals surface area contributed by atoms with Gasteiger partial charge in [0.2, 0.25) is 0 Å². The van der Waals surface area contributed by atoms with Gasteiger partial charge in [0.1, 0.15) is 6.61 Å². The average molecular weight is 583 g/mol. The van der Waals surface area contributed by atoms with E-state index in [2.05, 4.69) is 15.3 Å². The Bertz CT molecular complexity index is 1520. The Morgan fingerprint density at radius 2 is 2.05 bits per heavy atom. The molecule has 39 heavy (non-hydrogen) atoms. The molecular formula is C28H27ClN4O4S2. The number of carbonyl (C=O) groups excluding carboxylic acids is 2. The highest BCUT2D eigenvalue weighted by Gasteiger charge is 2.49. The van der Waals surface area contributed by atoms with E-state index >= 15 is 0 Å². The van der Waals surface area contributed by atoms with Gasteiger partial charge >= 0.3 is 0 Å². The predicted molar refractivity (Wildman–Crippen MR) is 153 cm³/mol. The number of halogens is 1. The Labute approximate surface area is 238 Å². The molecule has 6 rings (SSSR count). The predicted octanol–water partition coefficient (Wildman–Crippen LogP) is 5.52. The van der Waals surface area contributed by atoms with Gasteiger partial charge in [0, 0.05) is 24.7 Å². The van der Waals surface area contributed by atoms with Crippen molar-refractivity contribution in [2.75, 3.05) is 26.9 Å². The first-order valence-electron chi connectivity index (χ1n) is 12.8. The number of amides is 2. The largest absolute Gasteiger partial charge is 0.468 e. The second-order valence-electron chi connectivity index (χ2n) is 9.73. The van der Waals surface area contributed by atoms with Crippen LogP contribution in [0.4, 0.5) is 0 Å². The minimum Gasteiger partial charge on any atom is -0.468 e. The Hall–Kier alpha value is -3.05. The van der Waals surface area contributed by atoms with Crippen molar-refractivity contribution in [3.8, 4) is 15.6 Å². The molecule has 8 nitrogen and oxygen atoms in total. The van der Waals surface area contributed by atoms with E-state index in [9.17, 15) is 9.59 Å². The van der Waals surface area contributed by atoms with Crippen LogP contribution in [0.2, 0.25) is 5.02 Å². The quantitative estimate of drug-likeness (QED) is 0.261. The van der Waals surface area contributed by atoms with Crippen LogP contribution < -0.4 is 10.1 Å². The van der Waals surface area contributed by atoms with E-state index in [1.54, 1.807) is 18.7 Å². The molecule has 2 fully saturated rings. The number of benzene rings is 2. The minimum atomic E-state index is -0.151. The van der Waals surface area contributed by atoms with Crippen molar-refractivity contribution in [2.24, 2.45) is 5.92 Å². The van der Waals surface area contributed by atoms with Crippen LogP contribution >= 0.6 is 34.3 Å². The monoisotopic (exact) mass is 582 g/mol. The number of nitrogens with zero attached hydrogens (tertiary/aromatic N) is 3. The second kappa shape index (κ2) is 11.2. The van der Waals surface area contributed by atoms with Crippen LogP contribution in [-0.4, -0.2) is 65.6 Å². The van der Waals surface area contributed by atoms with Crippen molar-refractivity contribution in [2.45, 2.75) is 31.3 Å². The lowest BCUT2D eigenvalue weighted by atomic mass is 9.98. The van der Waals surface area contributed by atoms with Crippen molar-refractivity contribution in [3.05, 3.63) is 64.3 Å². The number of methoxy groups -OCH3 is 1. The molecule has 1 aliphatic carbocycles. The fraction of sp³-hybridized carbons (Fsp3) is 0.357. The van der Waals surface area contributed by atoms with E-state index < -0.39 is 0 Å². The normalized spacial score (nSPS) is 20.1. The van der Waals surface area contributed by atoms with E-state index in [0.717, 1.165) is 39.9 Å². The molecule has 2 aromatic carbocycles. The topological polar surface area (TPSA) is 93.7 Å². The molecule has 2 aliphatic rings. The number of likely N-dealkylation sites (tertiary alicyclic amines) is 1. The first-order valence-corrected chi connectivity index (χ1v) is 14.9. The maximum absolute atomic E-state index is 14.2. The second-order valence-corrected chi connectivity index (χ2v) is 12.0. The number of fused-ring (bicyclic) bond motifs is 3. The van der Waals surface area contributed by atoms with Gasteiger partial charge in [-0.3, -0.25) is 9.59 Å². The van der Waals surface area contributed by atoms with Crippen LogP contribution in [0, 0.1) is 5.92 Å². The number of aromatic nitrogens is 2. The third kappa shape index (κ3) is 5.14. The molecule has 2 bridgehead atoms. The van der Waals surface area contributed by atoms with E-state index in [4.69, 9.17) is 21.1 Å². The molecule has 2 amide bonds. The Kier molecular flexibility index (Phi) is 7.53. The molecular weight excluding hydrogens is 556 g/mol.